The molecule has 3 aliphatic rings. The Balaban J connectivity index is 0.00000344. The molecule has 3 amide bonds. The van der Waals surface area contributed by atoms with E-state index in [0.29, 0.717) is 117 Å². The lowest BCUT2D eigenvalue weighted by Crippen LogP contribution is -2.57. The van der Waals surface area contributed by atoms with Crippen molar-refractivity contribution in [3.05, 3.63) is 111 Å². The van der Waals surface area contributed by atoms with Gasteiger partial charge in [-0.1, -0.05) is 0 Å². The second kappa shape index (κ2) is 26.9. The number of amides is 3. The fourth-order valence-electron chi connectivity index (χ4n) is 10.00. The Kier molecular flexibility index (Phi) is 21.3. The van der Waals surface area contributed by atoms with E-state index in [4.69, 9.17) is 4.74 Å². The number of carbonyl (C=O) groups excluding carboxylic acids is 4. The number of carbonyl (C=O) groups is 4. The fourth-order valence-corrected chi connectivity index (χ4v) is 12.3. The van der Waals surface area contributed by atoms with Crippen LogP contribution in [0.1, 0.15) is 113 Å². The minimum Gasteiger partial charge on any atom is -0.491 e. The minimum absolute atomic E-state index is 0. The summed E-state index contributed by atoms with van der Waals surface area (Å²) in [5.41, 5.74) is 4.95. The Morgan fingerprint density at radius 3 is 2.21 bits per heavy atom. The zero-order valence-electron chi connectivity index (χ0n) is 46.0. The van der Waals surface area contributed by atoms with Gasteiger partial charge >= 0.3 is 0 Å². The predicted molar refractivity (Wildman–Crippen MR) is 319 cm³/mol. The van der Waals surface area contributed by atoms with Crippen LogP contribution < -0.4 is 20.3 Å². The molecule has 0 bridgehead atoms. The number of nitrogens with one attached hydrogen (secondary N) is 3. The van der Waals surface area contributed by atoms with Gasteiger partial charge in [-0.15, -0.1) is 11.3 Å². The number of rotatable bonds is 17. The van der Waals surface area contributed by atoms with Gasteiger partial charge in [-0.2, -0.15) is 45.6 Å². The van der Waals surface area contributed by atoms with Crippen LogP contribution in [-0.2, 0) is 25.8 Å². The summed E-state index contributed by atoms with van der Waals surface area (Å²) in [5, 5.41) is 16.3. The number of thiazole rings is 1. The second-order valence-corrected chi connectivity index (χ2v) is 24.6. The number of anilines is 1. The molecular formula is C54H72FN13O7S5. The van der Waals surface area contributed by atoms with Crippen LogP contribution in [0, 0.1) is 25.6 Å². The molecule has 0 saturated carbocycles. The molecular weight excluding hydrogens is 1120 g/mol. The Bertz CT molecular complexity index is 3250. The van der Waals surface area contributed by atoms with Crippen LogP contribution in [0.25, 0.3) is 10.9 Å². The number of hydrogen-bond donors (Lipinski definition) is 3. The summed E-state index contributed by atoms with van der Waals surface area (Å²) in [6, 6.07) is 6.86. The highest BCUT2D eigenvalue weighted by atomic mass is 32.2. The molecule has 3 atom stereocenters. The molecule has 6 aromatic rings. The van der Waals surface area contributed by atoms with Crippen LogP contribution in [0.15, 0.2) is 65.4 Å². The van der Waals surface area contributed by atoms with E-state index < -0.39 is 32.5 Å². The number of nitrogens with zero attached hydrogens (tertiary/aromatic N) is 10. The number of likely N-dealkylation sites (tertiary alicyclic amines) is 2. The van der Waals surface area contributed by atoms with Crippen molar-refractivity contribution in [1.29, 1.82) is 0 Å². The first-order valence-corrected chi connectivity index (χ1v) is 28.5. The number of aryl methyl sites for hydroxylation is 1. The third-order valence-electron chi connectivity index (χ3n) is 15.1. The Hall–Kier alpha value is -5.77. The van der Waals surface area contributed by atoms with Gasteiger partial charge in [0.15, 0.2) is 9.84 Å². The topological polar surface area (TPSA) is 242 Å². The Morgan fingerprint density at radius 1 is 0.887 bits per heavy atom. The van der Waals surface area contributed by atoms with Gasteiger partial charge in [0.2, 0.25) is 23.5 Å². The van der Waals surface area contributed by atoms with E-state index in [0.717, 1.165) is 23.4 Å². The summed E-state index contributed by atoms with van der Waals surface area (Å²) in [7, 11) is -2.16. The second-order valence-electron chi connectivity index (χ2n) is 21.0. The van der Waals surface area contributed by atoms with Crippen molar-refractivity contribution in [1.82, 2.24) is 60.5 Å². The first-order valence-electron chi connectivity index (χ1n) is 26.1. The number of aromatic amines is 1. The largest absolute Gasteiger partial charge is 0.491 e. The molecule has 0 spiro atoms. The average molecular weight is 1190 g/mol. The fraction of sp³-hybridized carbons (Fsp3) is 0.481. The number of piperazine rings is 1. The van der Waals surface area contributed by atoms with Crippen LogP contribution in [0.2, 0.25) is 0 Å². The Morgan fingerprint density at radius 2 is 1.57 bits per heavy atom. The summed E-state index contributed by atoms with van der Waals surface area (Å²) in [6.07, 6.45) is 7.29. The maximum Gasteiger partial charge on any atom is 0.256 e. The summed E-state index contributed by atoms with van der Waals surface area (Å²) in [6.45, 7) is 15.3. The van der Waals surface area contributed by atoms with Gasteiger partial charge in [0, 0.05) is 99.3 Å². The number of likely N-dealkylation sites (N-methyl/N-ethyl adjacent to an activating group) is 1. The number of sulfone groups is 1. The molecule has 2 aromatic carbocycles. The molecule has 3 aliphatic heterocycles. The van der Waals surface area contributed by atoms with E-state index in [1.165, 1.54) is 41.9 Å². The maximum atomic E-state index is 14.6. The molecule has 4 aromatic heterocycles. The number of aromatic nitrogens is 7. The smallest absolute Gasteiger partial charge is 0.256 e. The lowest BCUT2D eigenvalue weighted by molar-refractivity contribution is -0.139. The van der Waals surface area contributed by atoms with E-state index in [9.17, 15) is 32.0 Å². The minimum atomic E-state index is -3.84. The molecule has 3 N–H and O–H groups in total. The highest BCUT2D eigenvalue weighted by Crippen LogP contribution is 2.38. The zero-order valence-corrected chi connectivity index (χ0v) is 50.6. The van der Waals surface area contributed by atoms with Crippen LogP contribution in [0.4, 0.5) is 10.3 Å². The molecule has 80 heavy (non-hydrogen) atoms. The number of benzene rings is 2. The highest BCUT2D eigenvalue weighted by molar-refractivity contribution is 7.92. The van der Waals surface area contributed by atoms with Gasteiger partial charge in [-0.25, -0.2) is 37.7 Å². The predicted octanol–water partition coefficient (Wildman–Crippen LogP) is 5.60. The summed E-state index contributed by atoms with van der Waals surface area (Å²) < 4.78 is 46.8. The van der Waals surface area contributed by atoms with Crippen molar-refractivity contribution in [2.45, 2.75) is 101 Å². The van der Waals surface area contributed by atoms with Gasteiger partial charge < -0.3 is 30.1 Å². The number of H-pyrrole nitrogens is 1. The number of hydrogen-bond acceptors (Lipinski definition) is 17. The van der Waals surface area contributed by atoms with Crippen molar-refractivity contribution in [3.8, 4) is 5.75 Å². The summed E-state index contributed by atoms with van der Waals surface area (Å²) in [5.74, 6) is -1.04. The normalized spacial score (nSPS) is 17.0. The Labute approximate surface area is 491 Å². The van der Waals surface area contributed by atoms with Crippen molar-refractivity contribution in [3.63, 3.8) is 0 Å². The first-order chi connectivity index (χ1) is 36.8. The van der Waals surface area contributed by atoms with Crippen LogP contribution in [0.3, 0.4) is 0 Å². The van der Waals surface area contributed by atoms with Crippen LogP contribution >= 0.6 is 51.8 Å². The highest BCUT2D eigenvalue weighted by Gasteiger charge is 2.42. The van der Waals surface area contributed by atoms with E-state index in [1.54, 1.807) is 74.4 Å². The standard InChI is InChI=1S/C54H66FN13O7S2.3H2S/c1-32-33(2)63-64-40(32)26-41-39-25-46(77(73,74)54(4,5)6)45(27-42(39)60-31-59-41)75-24-23-65-19-21-67(22-20-65)53-57-28-37(29-58-53)51(71)66-17-14-35(15-18-66)47(62-49(70)34(3)56-7)52(72)68-16-8-9-44(68)50-61-43(30-76-50)48(69)36-10-12-38(55)13-11-36;;;/h10-13,25,27-31,34-35,44,47,56H,8-9,14-24,26H2,1-7H3,(H,62,70)(H,63,64);3*1H2/t34-,44-,47-;;;/m0.../s1. The average Bonchev–Trinajstić information content (AvgIpc) is 4.26. The van der Waals surface area contributed by atoms with Crippen LogP contribution in [0.5, 0.6) is 5.75 Å². The van der Waals surface area contributed by atoms with E-state index in [1.807, 2.05) is 13.8 Å². The number of ether oxygens (including phenoxy) is 1. The van der Waals surface area contributed by atoms with Crippen molar-refractivity contribution in [2.75, 3.05) is 70.9 Å². The van der Waals surface area contributed by atoms with Crippen LogP contribution in [-0.4, -0.2) is 165 Å². The number of halogens is 1. The molecule has 0 unspecified atom stereocenters. The summed E-state index contributed by atoms with van der Waals surface area (Å²) >= 11 is 1.30. The SMILES string of the molecule is CN[C@@H](C)C(=O)N[C@H](C(=O)N1CCC[C@H]1c1nc(C(=O)c2ccc(F)cc2)cs1)C1CCN(C(=O)c2cnc(N3CCN(CCOc4cc5ncnc(Cc6n[nH]c(C)c6C)c5cc4S(=O)(=O)C(C)(C)C)CC3)nc2)CC1.S.S.S. The molecule has 3 saturated heterocycles. The lowest BCUT2D eigenvalue weighted by Gasteiger charge is -2.38. The first kappa shape index (κ1) is 63.4. The third-order valence-corrected chi connectivity index (χ3v) is 18.6. The van der Waals surface area contributed by atoms with E-state index in [-0.39, 0.29) is 98.9 Å². The maximum absolute atomic E-state index is 14.6. The molecule has 26 heteroatoms. The summed E-state index contributed by atoms with van der Waals surface area (Å²) in [4.78, 5) is 85.7. The number of ketones is 1. The lowest BCUT2D eigenvalue weighted by atomic mass is 9.87. The van der Waals surface area contributed by atoms with Gasteiger partial charge in [-0.05, 0) is 116 Å². The molecule has 432 valence electrons. The zero-order chi connectivity index (χ0) is 54.8. The molecule has 20 nitrogen and oxygen atoms in total. The van der Waals surface area contributed by atoms with E-state index in [2.05, 4.69) is 55.6 Å². The molecule has 3 fully saturated rings. The van der Waals surface area contributed by atoms with Gasteiger partial charge in [0.25, 0.3) is 5.91 Å². The van der Waals surface area contributed by atoms with Gasteiger partial charge in [0.05, 0.1) is 39.3 Å². The monoisotopic (exact) mass is 1190 g/mol. The quantitative estimate of drug-likeness (QED) is 0.0942. The van der Waals surface area contributed by atoms with Crippen molar-refractivity contribution >= 4 is 102 Å². The molecule has 0 radical (unpaired) electrons. The molecule has 9 rings (SSSR count). The van der Waals surface area contributed by atoms with E-state index >= 15 is 0 Å². The number of fused-ring (bicyclic) bond motifs is 1. The van der Waals surface area contributed by atoms with Gasteiger partial charge in [-0.3, -0.25) is 29.2 Å². The molecule has 7 heterocycles. The van der Waals surface area contributed by atoms with Crippen molar-refractivity contribution < 1.29 is 36.7 Å². The third kappa shape index (κ3) is 13.8. The molecule has 0 aliphatic carbocycles. The van der Waals surface area contributed by atoms with Gasteiger partial charge in [0.1, 0.15) is 46.1 Å². The van der Waals surface area contributed by atoms with Crippen molar-refractivity contribution in [2.24, 2.45) is 5.92 Å². The number of piperidine rings is 1.